The highest BCUT2D eigenvalue weighted by molar-refractivity contribution is 6.30. The molecule has 0 N–H and O–H groups in total. The molecule has 3 aromatic rings. The van der Waals surface area contributed by atoms with Gasteiger partial charge in [-0.25, -0.2) is 9.78 Å². The lowest BCUT2D eigenvalue weighted by atomic mass is 10.1. The van der Waals surface area contributed by atoms with E-state index in [4.69, 9.17) is 16.3 Å². The highest BCUT2D eigenvalue weighted by Gasteiger charge is 2.22. The van der Waals surface area contributed by atoms with Gasteiger partial charge >= 0.3 is 5.97 Å². The molecule has 0 radical (unpaired) electrons. The molecule has 3 rings (SSSR count). The minimum Gasteiger partial charge on any atom is -0.461 e. The molecule has 1 aromatic carbocycles. The molecule has 0 aliphatic heterocycles. The first kappa shape index (κ1) is 13.6. The second-order valence-corrected chi connectivity index (χ2v) is 4.82. The van der Waals surface area contributed by atoms with Crippen LogP contribution in [0.3, 0.4) is 0 Å². The number of rotatable bonds is 3. The molecule has 0 fully saturated rings. The van der Waals surface area contributed by atoms with E-state index in [-0.39, 0.29) is 0 Å². The van der Waals surface area contributed by atoms with Crippen molar-refractivity contribution in [3.8, 4) is 11.3 Å². The van der Waals surface area contributed by atoms with Gasteiger partial charge in [0.05, 0.1) is 6.61 Å². The van der Waals surface area contributed by atoms with Crippen molar-refractivity contribution in [2.75, 3.05) is 6.61 Å². The predicted molar refractivity (Wildman–Crippen MR) is 81.6 cm³/mol. The molecule has 2 aromatic heterocycles. The summed E-state index contributed by atoms with van der Waals surface area (Å²) in [7, 11) is 0. The Morgan fingerprint density at radius 2 is 1.95 bits per heavy atom. The lowest BCUT2D eigenvalue weighted by Gasteiger charge is -2.06. The molecule has 0 saturated heterocycles. The number of carbonyl (C=O) groups is 1. The third kappa shape index (κ3) is 2.38. The van der Waals surface area contributed by atoms with Gasteiger partial charge in [-0.15, -0.1) is 0 Å². The third-order valence-electron chi connectivity index (χ3n) is 3.11. The minimum atomic E-state index is -0.433. The van der Waals surface area contributed by atoms with E-state index in [1.54, 1.807) is 29.5 Å². The largest absolute Gasteiger partial charge is 0.461 e. The Bertz CT molecular complexity index is 797. The fourth-order valence-corrected chi connectivity index (χ4v) is 2.48. The molecule has 0 aliphatic carbocycles. The van der Waals surface area contributed by atoms with Crippen molar-refractivity contribution in [3.05, 3.63) is 59.4 Å². The van der Waals surface area contributed by atoms with E-state index in [1.807, 2.05) is 30.3 Å². The molecule has 0 amide bonds. The van der Waals surface area contributed by atoms with Gasteiger partial charge in [0, 0.05) is 5.56 Å². The minimum absolute atomic E-state index is 0.296. The molecule has 0 aliphatic rings. The number of pyridine rings is 1. The number of aromatic nitrogens is 2. The summed E-state index contributed by atoms with van der Waals surface area (Å²) < 4.78 is 6.77. The maximum atomic E-state index is 12.3. The standard InChI is InChI=1S/C16H13ClN2O2/c1-2-21-16(20)15-14(11-7-4-3-5-8-11)18-13-10-6-9-12(17)19(13)15/h3-10H,2H2,1H3. The summed E-state index contributed by atoms with van der Waals surface area (Å²) in [5.74, 6) is -0.433. The van der Waals surface area contributed by atoms with Crippen LogP contribution in [0.2, 0.25) is 5.15 Å². The van der Waals surface area contributed by atoms with Crippen LogP contribution in [0.1, 0.15) is 17.4 Å². The number of nitrogens with zero attached hydrogens (tertiary/aromatic N) is 2. The molecule has 106 valence electrons. The molecule has 0 atom stereocenters. The van der Waals surface area contributed by atoms with Gasteiger partial charge in [0.1, 0.15) is 16.5 Å². The number of hydrogen-bond acceptors (Lipinski definition) is 3. The molecule has 21 heavy (non-hydrogen) atoms. The maximum Gasteiger partial charge on any atom is 0.357 e. The molecular formula is C16H13ClN2O2. The third-order valence-corrected chi connectivity index (χ3v) is 3.41. The Hall–Kier alpha value is -2.33. The van der Waals surface area contributed by atoms with Crippen LogP contribution in [0.5, 0.6) is 0 Å². The lowest BCUT2D eigenvalue weighted by molar-refractivity contribution is 0.0519. The second-order valence-electron chi connectivity index (χ2n) is 4.44. The van der Waals surface area contributed by atoms with Gasteiger partial charge in [-0.3, -0.25) is 4.40 Å². The van der Waals surface area contributed by atoms with Gasteiger partial charge in [0.2, 0.25) is 0 Å². The summed E-state index contributed by atoms with van der Waals surface area (Å²) >= 11 is 6.22. The van der Waals surface area contributed by atoms with E-state index in [1.165, 1.54) is 0 Å². The van der Waals surface area contributed by atoms with Crippen LogP contribution < -0.4 is 0 Å². The molecule has 2 heterocycles. The Kier molecular flexibility index (Phi) is 3.62. The van der Waals surface area contributed by atoms with Crippen molar-refractivity contribution in [2.45, 2.75) is 6.92 Å². The molecular weight excluding hydrogens is 288 g/mol. The SMILES string of the molecule is CCOC(=O)c1c(-c2ccccc2)nc2cccc(Cl)n12. The van der Waals surface area contributed by atoms with Gasteiger partial charge in [0.25, 0.3) is 0 Å². The highest BCUT2D eigenvalue weighted by Crippen LogP contribution is 2.27. The van der Waals surface area contributed by atoms with Crippen LogP contribution in [-0.4, -0.2) is 22.0 Å². The Morgan fingerprint density at radius 3 is 2.67 bits per heavy atom. The number of fused-ring (bicyclic) bond motifs is 1. The van der Waals surface area contributed by atoms with Gasteiger partial charge in [-0.2, -0.15) is 0 Å². The van der Waals surface area contributed by atoms with Gasteiger partial charge in [0.15, 0.2) is 5.69 Å². The van der Waals surface area contributed by atoms with Crippen LogP contribution in [0, 0.1) is 0 Å². The van der Waals surface area contributed by atoms with Crippen molar-refractivity contribution in [2.24, 2.45) is 0 Å². The molecule has 0 unspecified atom stereocenters. The Morgan fingerprint density at radius 1 is 1.19 bits per heavy atom. The predicted octanol–water partition coefficient (Wildman–Crippen LogP) is 3.83. The quantitative estimate of drug-likeness (QED) is 0.545. The molecule has 4 nitrogen and oxygen atoms in total. The number of carbonyl (C=O) groups excluding carboxylic acids is 1. The van der Waals surface area contributed by atoms with Gasteiger partial charge in [-0.05, 0) is 19.1 Å². The topological polar surface area (TPSA) is 43.6 Å². The van der Waals surface area contributed by atoms with Gasteiger partial charge in [-0.1, -0.05) is 48.0 Å². The fraction of sp³-hybridized carbons (Fsp3) is 0.125. The van der Waals surface area contributed by atoms with E-state index in [0.717, 1.165) is 5.56 Å². The monoisotopic (exact) mass is 300 g/mol. The summed E-state index contributed by atoms with van der Waals surface area (Å²) in [5, 5.41) is 0.422. The normalized spacial score (nSPS) is 10.8. The summed E-state index contributed by atoms with van der Waals surface area (Å²) in [6.07, 6.45) is 0. The average molecular weight is 301 g/mol. The number of ether oxygens (including phenoxy) is 1. The van der Waals surface area contributed by atoms with Crippen molar-refractivity contribution in [1.82, 2.24) is 9.38 Å². The van der Waals surface area contributed by atoms with Crippen LogP contribution in [-0.2, 0) is 4.74 Å². The van der Waals surface area contributed by atoms with Crippen LogP contribution >= 0.6 is 11.6 Å². The first-order valence-corrected chi connectivity index (χ1v) is 6.99. The van der Waals surface area contributed by atoms with Crippen LogP contribution in [0.4, 0.5) is 0 Å². The summed E-state index contributed by atoms with van der Waals surface area (Å²) in [6.45, 7) is 2.07. The first-order valence-electron chi connectivity index (χ1n) is 6.62. The molecule has 0 bridgehead atoms. The van der Waals surface area contributed by atoms with Crippen molar-refractivity contribution < 1.29 is 9.53 Å². The Labute approximate surface area is 126 Å². The zero-order valence-corrected chi connectivity index (χ0v) is 12.2. The molecule has 0 saturated carbocycles. The number of esters is 1. The number of halogens is 1. The van der Waals surface area contributed by atoms with Gasteiger partial charge < -0.3 is 4.74 Å². The highest BCUT2D eigenvalue weighted by atomic mass is 35.5. The number of imidazole rings is 1. The van der Waals surface area contributed by atoms with E-state index in [2.05, 4.69) is 4.98 Å². The maximum absolute atomic E-state index is 12.3. The molecule has 5 heteroatoms. The smallest absolute Gasteiger partial charge is 0.357 e. The van der Waals surface area contributed by atoms with Crippen molar-refractivity contribution >= 4 is 23.2 Å². The van der Waals surface area contributed by atoms with Crippen LogP contribution in [0.25, 0.3) is 16.9 Å². The number of hydrogen-bond donors (Lipinski definition) is 0. The first-order chi connectivity index (χ1) is 10.2. The Balaban J connectivity index is 2.31. The second kappa shape index (κ2) is 5.58. The fourth-order valence-electron chi connectivity index (χ4n) is 2.24. The van der Waals surface area contributed by atoms with E-state index in [0.29, 0.717) is 28.8 Å². The molecule has 0 spiro atoms. The zero-order valence-electron chi connectivity index (χ0n) is 11.4. The van der Waals surface area contributed by atoms with E-state index >= 15 is 0 Å². The van der Waals surface area contributed by atoms with E-state index in [9.17, 15) is 4.79 Å². The zero-order chi connectivity index (χ0) is 14.8. The lowest BCUT2D eigenvalue weighted by Crippen LogP contribution is -2.10. The van der Waals surface area contributed by atoms with E-state index < -0.39 is 5.97 Å². The van der Waals surface area contributed by atoms with Crippen molar-refractivity contribution in [1.29, 1.82) is 0 Å². The summed E-state index contributed by atoms with van der Waals surface area (Å²) in [6, 6.07) is 14.8. The van der Waals surface area contributed by atoms with Crippen molar-refractivity contribution in [3.63, 3.8) is 0 Å². The summed E-state index contributed by atoms with van der Waals surface area (Å²) in [4.78, 5) is 16.8. The average Bonchev–Trinajstić information content (AvgIpc) is 2.89. The van der Waals surface area contributed by atoms with Crippen LogP contribution in [0.15, 0.2) is 48.5 Å². The summed E-state index contributed by atoms with van der Waals surface area (Å²) in [5.41, 5.74) is 2.38. The number of benzene rings is 1.